The molecule has 1 nitrogen and oxygen atoms in total. The molecule has 3 heteroatoms. The number of hydrogen-bond donors (Lipinski definition) is 1. The highest BCUT2D eigenvalue weighted by Gasteiger charge is 2.38. The molecule has 0 amide bonds. The molecule has 0 heterocycles. The molecule has 1 aliphatic rings. The number of halogens is 1. The van der Waals surface area contributed by atoms with Gasteiger partial charge in [-0.3, -0.25) is 0 Å². The van der Waals surface area contributed by atoms with E-state index < -0.39 is 0 Å². The summed E-state index contributed by atoms with van der Waals surface area (Å²) in [6, 6.07) is 5.06. The van der Waals surface area contributed by atoms with Gasteiger partial charge in [-0.2, -0.15) is 0 Å². The molecule has 1 fully saturated rings. The zero-order valence-electron chi connectivity index (χ0n) is 8.92. The van der Waals surface area contributed by atoms with E-state index in [1.807, 2.05) is 12.3 Å². The van der Waals surface area contributed by atoms with Crippen LogP contribution >= 0.6 is 11.8 Å². The van der Waals surface area contributed by atoms with E-state index in [2.05, 4.69) is 0 Å². The van der Waals surface area contributed by atoms with E-state index in [0.717, 1.165) is 18.4 Å². The van der Waals surface area contributed by atoms with E-state index >= 15 is 0 Å². The van der Waals surface area contributed by atoms with Crippen LogP contribution in [0.15, 0.2) is 23.1 Å². The molecule has 0 unspecified atom stereocenters. The lowest BCUT2D eigenvalue weighted by molar-refractivity contribution is 0.248. The van der Waals surface area contributed by atoms with Crippen molar-refractivity contribution in [3.8, 4) is 0 Å². The molecule has 1 aromatic carbocycles. The molecule has 1 aliphatic carbocycles. The van der Waals surface area contributed by atoms with Gasteiger partial charge in [0.15, 0.2) is 0 Å². The molecule has 0 spiro atoms. The Balaban J connectivity index is 2.44. The van der Waals surface area contributed by atoms with Gasteiger partial charge >= 0.3 is 0 Å². The maximum atomic E-state index is 13.3. The normalized spacial score (nSPS) is 18.6. The van der Waals surface area contributed by atoms with Crippen molar-refractivity contribution in [2.45, 2.75) is 29.6 Å². The monoisotopic (exact) mass is 225 g/mol. The van der Waals surface area contributed by atoms with Gasteiger partial charge in [-0.15, -0.1) is 11.8 Å². The molecular weight excluding hydrogens is 209 g/mol. The lowest BCUT2D eigenvalue weighted by Crippen LogP contribution is -2.42. The molecule has 2 rings (SSSR count). The summed E-state index contributed by atoms with van der Waals surface area (Å²) in [7, 11) is 0. The highest BCUT2D eigenvalue weighted by Crippen LogP contribution is 2.46. The van der Waals surface area contributed by atoms with Gasteiger partial charge in [0, 0.05) is 16.9 Å². The Morgan fingerprint density at radius 3 is 2.67 bits per heavy atom. The van der Waals surface area contributed by atoms with Crippen LogP contribution in [0.2, 0.25) is 0 Å². The maximum Gasteiger partial charge on any atom is 0.123 e. The average molecular weight is 225 g/mol. The lowest BCUT2D eigenvalue weighted by atomic mass is 9.64. The molecule has 82 valence electrons. The first-order chi connectivity index (χ1) is 7.22. The Morgan fingerprint density at radius 2 is 2.20 bits per heavy atom. The van der Waals surface area contributed by atoms with Gasteiger partial charge in [-0.1, -0.05) is 6.42 Å². The van der Waals surface area contributed by atoms with Crippen LogP contribution in [0.4, 0.5) is 4.39 Å². The molecule has 0 radical (unpaired) electrons. The molecular formula is C12H16FNS. The minimum Gasteiger partial charge on any atom is -0.330 e. The van der Waals surface area contributed by atoms with Crippen LogP contribution in [-0.2, 0) is 5.41 Å². The Bertz CT molecular complexity index is 355. The second-order valence-electron chi connectivity index (χ2n) is 4.18. The smallest absolute Gasteiger partial charge is 0.123 e. The molecule has 0 aliphatic heterocycles. The van der Waals surface area contributed by atoms with Crippen molar-refractivity contribution < 1.29 is 4.39 Å². The Morgan fingerprint density at radius 1 is 1.47 bits per heavy atom. The van der Waals surface area contributed by atoms with Crippen molar-refractivity contribution in [2.24, 2.45) is 5.73 Å². The number of benzene rings is 1. The summed E-state index contributed by atoms with van der Waals surface area (Å²) in [5, 5.41) is 0. The van der Waals surface area contributed by atoms with Crippen molar-refractivity contribution in [1.82, 2.24) is 0 Å². The van der Waals surface area contributed by atoms with Crippen LogP contribution < -0.4 is 5.73 Å². The van der Waals surface area contributed by atoms with E-state index in [1.54, 1.807) is 17.8 Å². The van der Waals surface area contributed by atoms with E-state index in [1.165, 1.54) is 17.4 Å². The molecule has 0 atom stereocenters. The van der Waals surface area contributed by atoms with Gasteiger partial charge in [0.1, 0.15) is 5.82 Å². The van der Waals surface area contributed by atoms with Gasteiger partial charge in [-0.25, -0.2) is 4.39 Å². The largest absolute Gasteiger partial charge is 0.330 e. The summed E-state index contributed by atoms with van der Waals surface area (Å²) in [5.41, 5.74) is 7.01. The first-order valence-electron chi connectivity index (χ1n) is 5.26. The molecule has 0 aromatic heterocycles. The maximum absolute atomic E-state index is 13.3. The number of hydrogen-bond acceptors (Lipinski definition) is 2. The zero-order valence-corrected chi connectivity index (χ0v) is 9.74. The number of nitrogens with two attached hydrogens (primary N) is 1. The first kappa shape index (κ1) is 11.0. The highest BCUT2D eigenvalue weighted by molar-refractivity contribution is 7.98. The average Bonchev–Trinajstić information content (AvgIpc) is 2.17. The molecule has 15 heavy (non-hydrogen) atoms. The third kappa shape index (κ3) is 1.79. The Labute approximate surface area is 94.2 Å². The fourth-order valence-corrected chi connectivity index (χ4v) is 2.98. The van der Waals surface area contributed by atoms with E-state index in [4.69, 9.17) is 5.73 Å². The van der Waals surface area contributed by atoms with Gasteiger partial charge in [0.25, 0.3) is 0 Å². The molecule has 1 aromatic rings. The molecule has 2 N–H and O–H groups in total. The van der Waals surface area contributed by atoms with Crippen molar-refractivity contribution in [3.05, 3.63) is 29.6 Å². The first-order valence-corrected chi connectivity index (χ1v) is 6.48. The second-order valence-corrected chi connectivity index (χ2v) is 5.03. The fourth-order valence-electron chi connectivity index (χ4n) is 2.28. The quantitative estimate of drug-likeness (QED) is 0.800. The standard InChI is InChI=1S/C12H16FNS/c1-15-11-4-3-9(13)7-10(11)12(8-14)5-2-6-12/h3-4,7H,2,5-6,8,14H2,1H3. The van der Waals surface area contributed by atoms with Crippen LogP contribution in [0.25, 0.3) is 0 Å². The second kappa shape index (κ2) is 4.14. The van der Waals surface area contributed by atoms with Crippen molar-refractivity contribution in [3.63, 3.8) is 0 Å². The minimum absolute atomic E-state index is 0.0560. The van der Waals surface area contributed by atoms with Crippen LogP contribution in [-0.4, -0.2) is 12.8 Å². The summed E-state index contributed by atoms with van der Waals surface area (Å²) in [6.45, 7) is 0.629. The molecule has 1 saturated carbocycles. The van der Waals surface area contributed by atoms with Crippen LogP contribution in [0, 0.1) is 5.82 Å². The Hall–Kier alpha value is -0.540. The number of rotatable bonds is 3. The Kier molecular flexibility index (Phi) is 3.03. The van der Waals surface area contributed by atoms with Crippen molar-refractivity contribution in [1.29, 1.82) is 0 Å². The summed E-state index contributed by atoms with van der Waals surface area (Å²) in [6.07, 6.45) is 5.43. The summed E-state index contributed by atoms with van der Waals surface area (Å²) in [5.74, 6) is -0.150. The van der Waals surface area contributed by atoms with Crippen molar-refractivity contribution in [2.75, 3.05) is 12.8 Å². The van der Waals surface area contributed by atoms with Gasteiger partial charge in [0.05, 0.1) is 0 Å². The van der Waals surface area contributed by atoms with Crippen LogP contribution in [0.5, 0.6) is 0 Å². The van der Waals surface area contributed by atoms with Gasteiger partial charge in [0.2, 0.25) is 0 Å². The third-order valence-corrected chi connectivity index (χ3v) is 4.23. The highest BCUT2D eigenvalue weighted by atomic mass is 32.2. The third-order valence-electron chi connectivity index (χ3n) is 3.43. The van der Waals surface area contributed by atoms with Gasteiger partial charge in [-0.05, 0) is 42.9 Å². The predicted molar refractivity (Wildman–Crippen MR) is 62.8 cm³/mol. The van der Waals surface area contributed by atoms with Crippen LogP contribution in [0.3, 0.4) is 0 Å². The zero-order chi connectivity index (χ0) is 10.9. The summed E-state index contributed by atoms with van der Waals surface area (Å²) in [4.78, 5) is 1.17. The lowest BCUT2D eigenvalue weighted by Gasteiger charge is -2.42. The summed E-state index contributed by atoms with van der Waals surface area (Å²) >= 11 is 1.67. The fraction of sp³-hybridized carbons (Fsp3) is 0.500. The minimum atomic E-state index is -0.150. The predicted octanol–water partition coefficient (Wildman–Crippen LogP) is 2.93. The summed E-state index contributed by atoms with van der Waals surface area (Å²) < 4.78 is 13.3. The number of thioether (sulfide) groups is 1. The van der Waals surface area contributed by atoms with Crippen molar-refractivity contribution >= 4 is 11.8 Å². The van der Waals surface area contributed by atoms with E-state index in [9.17, 15) is 4.39 Å². The van der Waals surface area contributed by atoms with E-state index in [-0.39, 0.29) is 11.2 Å². The molecule has 0 bridgehead atoms. The van der Waals surface area contributed by atoms with Crippen LogP contribution in [0.1, 0.15) is 24.8 Å². The molecule has 0 saturated heterocycles. The van der Waals surface area contributed by atoms with Gasteiger partial charge < -0.3 is 5.73 Å². The topological polar surface area (TPSA) is 26.0 Å². The SMILES string of the molecule is CSc1ccc(F)cc1C1(CN)CCC1. The van der Waals surface area contributed by atoms with E-state index in [0.29, 0.717) is 6.54 Å².